The summed E-state index contributed by atoms with van der Waals surface area (Å²) in [7, 11) is 1.45. The number of hydrogen-bond acceptors (Lipinski definition) is 11. The van der Waals surface area contributed by atoms with Crippen LogP contribution in [0.2, 0.25) is 0 Å². The van der Waals surface area contributed by atoms with E-state index >= 15 is 0 Å². The minimum absolute atomic E-state index is 0.0377. The predicted molar refractivity (Wildman–Crippen MR) is 180 cm³/mol. The van der Waals surface area contributed by atoms with Crippen molar-refractivity contribution in [2.45, 2.75) is 59.3 Å². The van der Waals surface area contributed by atoms with E-state index in [0.717, 1.165) is 12.8 Å². The van der Waals surface area contributed by atoms with E-state index in [-0.39, 0.29) is 56.9 Å². The van der Waals surface area contributed by atoms with Gasteiger partial charge in [0.25, 0.3) is 0 Å². The van der Waals surface area contributed by atoms with Gasteiger partial charge >= 0.3 is 23.9 Å². The van der Waals surface area contributed by atoms with Crippen molar-refractivity contribution < 1.29 is 54.0 Å². The number of carbonyl (C=O) groups excluding carboxylic acids is 3. The Morgan fingerprint density at radius 3 is 1.22 bits per heavy atom. The molecule has 2 aliphatic rings. The number of likely N-dealkylation sites (N-methyl/N-ethyl adjacent to an activating group) is 1. The molecule has 49 heavy (non-hydrogen) atoms. The maximum absolute atomic E-state index is 12.3. The Balaban J connectivity index is 0.00000117. The van der Waals surface area contributed by atoms with Crippen LogP contribution in [-0.4, -0.2) is 174 Å². The van der Waals surface area contributed by atoms with Gasteiger partial charge in [0.1, 0.15) is 5.78 Å². The first-order valence-electron chi connectivity index (χ1n) is 16.8. The number of nitrogens with one attached hydrogen (secondary N) is 2. The molecule has 0 aromatic heterocycles. The molecule has 0 bridgehead atoms. The summed E-state index contributed by atoms with van der Waals surface area (Å²) in [5.41, 5.74) is 0. The lowest BCUT2D eigenvalue weighted by Crippen LogP contribution is -2.50. The molecule has 0 spiro atoms. The smallest absolute Gasteiger partial charge is 0.317 e. The Hall–Kier alpha value is -3.67. The molecule has 1 aliphatic carbocycles. The topological polar surface area (TPSA) is 237 Å². The molecule has 1 heterocycles. The van der Waals surface area contributed by atoms with Crippen LogP contribution in [0.4, 0.5) is 0 Å². The Morgan fingerprint density at radius 1 is 0.592 bits per heavy atom. The number of amides is 2. The highest BCUT2D eigenvalue weighted by Gasteiger charge is 2.23. The zero-order valence-corrected chi connectivity index (χ0v) is 29.5. The molecule has 1 saturated heterocycles. The van der Waals surface area contributed by atoms with Gasteiger partial charge in [-0.25, -0.2) is 0 Å². The van der Waals surface area contributed by atoms with Gasteiger partial charge in [-0.15, -0.1) is 0 Å². The summed E-state index contributed by atoms with van der Waals surface area (Å²) in [5.74, 6) is -3.39. The summed E-state index contributed by atoms with van der Waals surface area (Å²) in [4.78, 5) is 84.9. The van der Waals surface area contributed by atoms with Crippen LogP contribution in [0.15, 0.2) is 0 Å². The van der Waals surface area contributed by atoms with Gasteiger partial charge in [-0.1, -0.05) is 40.0 Å². The molecule has 17 heteroatoms. The van der Waals surface area contributed by atoms with E-state index in [9.17, 15) is 43.8 Å². The molecule has 1 aliphatic heterocycles. The lowest BCUT2D eigenvalue weighted by atomic mass is 9.83. The van der Waals surface area contributed by atoms with Crippen LogP contribution in [0.5, 0.6) is 0 Å². The van der Waals surface area contributed by atoms with Crippen molar-refractivity contribution in [3.05, 3.63) is 0 Å². The number of ketones is 1. The summed E-state index contributed by atoms with van der Waals surface area (Å²) in [6.07, 6.45) is 6.39. The summed E-state index contributed by atoms with van der Waals surface area (Å²) in [5, 5.41) is 40.2. The highest BCUT2D eigenvalue weighted by Crippen LogP contribution is 2.26. The molecule has 0 aromatic rings. The van der Waals surface area contributed by atoms with Crippen LogP contribution in [0.3, 0.4) is 0 Å². The molecule has 0 radical (unpaired) electrons. The molecule has 0 atom stereocenters. The third-order valence-electron chi connectivity index (χ3n) is 7.98. The Labute approximate surface area is 288 Å². The lowest BCUT2D eigenvalue weighted by Gasteiger charge is -2.32. The van der Waals surface area contributed by atoms with E-state index in [1.165, 1.54) is 26.3 Å². The second-order valence-corrected chi connectivity index (χ2v) is 12.4. The normalized spacial score (nSPS) is 17.5. The van der Waals surface area contributed by atoms with Crippen molar-refractivity contribution >= 4 is 41.5 Å². The van der Waals surface area contributed by atoms with Gasteiger partial charge in [0, 0.05) is 77.7 Å². The summed E-state index contributed by atoms with van der Waals surface area (Å²) >= 11 is 0. The largest absolute Gasteiger partial charge is 0.481 e. The fourth-order valence-electron chi connectivity index (χ4n) is 5.17. The third kappa shape index (κ3) is 24.2. The van der Waals surface area contributed by atoms with Crippen molar-refractivity contribution in [3.8, 4) is 0 Å². The van der Waals surface area contributed by atoms with Crippen LogP contribution in [0.1, 0.15) is 59.3 Å². The van der Waals surface area contributed by atoms with Crippen LogP contribution >= 0.6 is 0 Å². The van der Waals surface area contributed by atoms with Crippen LogP contribution in [0, 0.1) is 11.8 Å². The summed E-state index contributed by atoms with van der Waals surface area (Å²) in [6, 6.07) is 0. The standard InChI is InChI=1S/C19H34N6O8.C10H18O.C3H6O2/c1-20-15(26)10-21-16(27)11-22-2-4-23(12-17(28)29)6-8-25(14-19(32)33)9-7-24(5-3-22)13-18(30)31;1-8(2)10(11)9-6-4-3-5-7-9;1-2-3(4)5/h2-14H2,1H3,(H,20,26)(H,21,27)(H,28,29)(H,30,31)(H,32,33);8-9H,3-7H2,1-2H3;2H2,1H3,(H,4,5). The number of nitrogens with zero attached hydrogens (tertiary/aromatic N) is 4. The molecule has 0 aromatic carbocycles. The van der Waals surface area contributed by atoms with Crippen LogP contribution in [0.25, 0.3) is 0 Å². The maximum atomic E-state index is 12.3. The van der Waals surface area contributed by atoms with Crippen molar-refractivity contribution in [1.82, 2.24) is 30.2 Å². The van der Waals surface area contributed by atoms with Crippen molar-refractivity contribution in [2.75, 3.05) is 92.1 Å². The van der Waals surface area contributed by atoms with E-state index < -0.39 is 23.9 Å². The van der Waals surface area contributed by atoms with E-state index in [0.29, 0.717) is 64.1 Å². The number of aliphatic carboxylic acids is 4. The van der Waals surface area contributed by atoms with Crippen molar-refractivity contribution in [1.29, 1.82) is 0 Å². The van der Waals surface area contributed by atoms with Gasteiger partial charge in [0.2, 0.25) is 11.8 Å². The van der Waals surface area contributed by atoms with E-state index in [2.05, 4.69) is 10.6 Å². The summed E-state index contributed by atoms with van der Waals surface area (Å²) in [6.45, 7) is 7.21. The predicted octanol–water partition coefficient (Wildman–Crippen LogP) is -0.403. The molecule has 2 fully saturated rings. The van der Waals surface area contributed by atoms with Gasteiger partial charge in [-0.2, -0.15) is 0 Å². The molecule has 6 N–H and O–H groups in total. The Bertz CT molecular complexity index is 1020. The quantitative estimate of drug-likeness (QED) is 0.143. The van der Waals surface area contributed by atoms with Crippen molar-refractivity contribution in [2.24, 2.45) is 11.8 Å². The monoisotopic (exact) mass is 702 g/mol. The first-order valence-corrected chi connectivity index (χ1v) is 16.8. The second-order valence-electron chi connectivity index (χ2n) is 12.4. The summed E-state index contributed by atoms with van der Waals surface area (Å²) < 4.78 is 0. The second kappa shape index (κ2) is 26.2. The maximum Gasteiger partial charge on any atom is 0.317 e. The Morgan fingerprint density at radius 2 is 0.939 bits per heavy atom. The number of Topliss-reactive ketones (excluding diaryl/α,β-unsaturated/α-hetero) is 1. The van der Waals surface area contributed by atoms with E-state index in [4.69, 9.17) is 10.2 Å². The minimum atomic E-state index is -1.02. The number of carboxylic acid groups (broad SMARTS) is 4. The molecule has 2 amide bonds. The lowest BCUT2D eigenvalue weighted by molar-refractivity contribution is -0.140. The van der Waals surface area contributed by atoms with Gasteiger partial charge in [0.05, 0.1) is 32.7 Å². The first-order chi connectivity index (χ1) is 23.1. The average molecular weight is 703 g/mol. The molecule has 17 nitrogen and oxygen atoms in total. The zero-order valence-electron chi connectivity index (χ0n) is 29.5. The molecular formula is C32H58N6O11. The van der Waals surface area contributed by atoms with Crippen LogP contribution in [-0.2, 0) is 33.6 Å². The first kappa shape index (κ1) is 45.3. The molecule has 0 unspecified atom stereocenters. The molecular weight excluding hydrogens is 644 g/mol. The molecule has 2 rings (SSSR count). The van der Waals surface area contributed by atoms with Gasteiger partial charge in [0.15, 0.2) is 0 Å². The average Bonchev–Trinajstić information content (AvgIpc) is 3.04. The third-order valence-corrected chi connectivity index (χ3v) is 7.98. The highest BCUT2D eigenvalue weighted by molar-refractivity contribution is 5.85. The Kier molecular flexibility index (Phi) is 24.3. The van der Waals surface area contributed by atoms with Crippen LogP contribution < -0.4 is 10.6 Å². The fraction of sp³-hybridized carbons (Fsp3) is 0.781. The molecule has 1 saturated carbocycles. The SMILES string of the molecule is CC(C)C(=O)C1CCCCC1.CCC(=O)O.CNC(=O)CNC(=O)CN1CCN(CC(=O)O)CCN(CC(=O)O)CCN(CC(=O)O)CC1. The number of carbonyl (C=O) groups is 7. The minimum Gasteiger partial charge on any atom is -0.481 e. The van der Waals surface area contributed by atoms with Gasteiger partial charge in [-0.05, 0) is 12.8 Å². The van der Waals surface area contributed by atoms with Gasteiger partial charge < -0.3 is 31.1 Å². The number of hydrogen-bond donors (Lipinski definition) is 6. The highest BCUT2D eigenvalue weighted by atomic mass is 16.4. The van der Waals surface area contributed by atoms with Crippen molar-refractivity contribution in [3.63, 3.8) is 0 Å². The van der Waals surface area contributed by atoms with Gasteiger partial charge in [-0.3, -0.25) is 53.2 Å². The molecule has 282 valence electrons. The van der Waals surface area contributed by atoms with E-state index in [1.807, 2.05) is 13.8 Å². The number of rotatable bonds is 13. The fourth-order valence-corrected chi connectivity index (χ4v) is 5.17. The zero-order chi connectivity index (χ0) is 37.4. The van der Waals surface area contributed by atoms with E-state index in [1.54, 1.807) is 26.5 Å². The number of carboxylic acids is 4.